The summed E-state index contributed by atoms with van der Waals surface area (Å²) in [5.74, 6) is 0.985. The summed E-state index contributed by atoms with van der Waals surface area (Å²) in [5, 5.41) is 3.29. The SMILES string of the molecule is CC(F)(CC1CCNC1)C1CC1. The molecule has 0 aromatic rings. The van der Waals surface area contributed by atoms with Crippen LogP contribution < -0.4 is 5.32 Å². The average molecular weight is 171 g/mol. The molecule has 70 valence electrons. The maximum absolute atomic E-state index is 13.9. The summed E-state index contributed by atoms with van der Waals surface area (Å²) >= 11 is 0. The van der Waals surface area contributed by atoms with Crippen LogP contribution in [0.4, 0.5) is 4.39 Å². The first-order valence-corrected chi connectivity index (χ1v) is 5.08. The number of hydrogen-bond acceptors (Lipinski definition) is 1. The molecule has 1 nitrogen and oxygen atoms in total. The third-order valence-electron chi connectivity index (χ3n) is 3.28. The lowest BCUT2D eigenvalue weighted by Gasteiger charge is -2.23. The molecule has 2 aliphatic rings. The predicted molar refractivity (Wildman–Crippen MR) is 47.8 cm³/mol. The Kier molecular flexibility index (Phi) is 2.11. The first-order chi connectivity index (χ1) is 5.68. The van der Waals surface area contributed by atoms with E-state index < -0.39 is 5.67 Å². The first-order valence-electron chi connectivity index (χ1n) is 5.08. The van der Waals surface area contributed by atoms with E-state index in [4.69, 9.17) is 0 Å². The van der Waals surface area contributed by atoms with E-state index in [1.807, 2.05) is 0 Å². The summed E-state index contributed by atoms with van der Waals surface area (Å²) in [6, 6.07) is 0. The Hall–Kier alpha value is -0.110. The molecule has 1 saturated heterocycles. The molecular formula is C10H18FN. The van der Waals surface area contributed by atoms with Gasteiger partial charge in [0.1, 0.15) is 5.67 Å². The van der Waals surface area contributed by atoms with Gasteiger partial charge in [0.25, 0.3) is 0 Å². The van der Waals surface area contributed by atoms with Gasteiger partial charge in [0.05, 0.1) is 0 Å². The predicted octanol–water partition coefficient (Wildman–Crippen LogP) is 2.12. The van der Waals surface area contributed by atoms with Crippen LogP contribution in [-0.4, -0.2) is 18.8 Å². The lowest BCUT2D eigenvalue weighted by atomic mass is 9.89. The molecule has 2 rings (SSSR count). The van der Waals surface area contributed by atoms with Gasteiger partial charge in [-0.1, -0.05) is 0 Å². The summed E-state index contributed by atoms with van der Waals surface area (Å²) in [6.45, 7) is 3.92. The molecule has 2 atom stereocenters. The van der Waals surface area contributed by atoms with Crippen molar-refractivity contribution < 1.29 is 4.39 Å². The molecule has 1 heterocycles. The molecule has 1 aliphatic heterocycles. The molecule has 2 fully saturated rings. The third-order valence-corrected chi connectivity index (χ3v) is 3.28. The lowest BCUT2D eigenvalue weighted by molar-refractivity contribution is 0.121. The third kappa shape index (κ3) is 1.79. The maximum Gasteiger partial charge on any atom is 0.111 e. The highest BCUT2D eigenvalue weighted by Crippen LogP contribution is 2.45. The minimum Gasteiger partial charge on any atom is -0.316 e. The van der Waals surface area contributed by atoms with Crippen LogP contribution >= 0.6 is 0 Å². The van der Waals surface area contributed by atoms with E-state index in [0.717, 1.165) is 32.4 Å². The van der Waals surface area contributed by atoms with Crippen molar-refractivity contribution in [2.45, 2.75) is 38.3 Å². The van der Waals surface area contributed by atoms with Crippen molar-refractivity contribution in [3.63, 3.8) is 0 Å². The van der Waals surface area contributed by atoms with Crippen molar-refractivity contribution >= 4 is 0 Å². The summed E-state index contributed by atoms with van der Waals surface area (Å²) in [5.41, 5.74) is -0.864. The van der Waals surface area contributed by atoms with Gasteiger partial charge in [-0.3, -0.25) is 0 Å². The Balaban J connectivity index is 1.83. The van der Waals surface area contributed by atoms with Crippen LogP contribution in [0.3, 0.4) is 0 Å². The molecule has 0 bridgehead atoms. The monoisotopic (exact) mass is 171 g/mol. The molecular weight excluding hydrogens is 153 g/mol. The van der Waals surface area contributed by atoms with Crippen LogP contribution in [0.5, 0.6) is 0 Å². The molecule has 1 saturated carbocycles. The molecule has 2 heteroatoms. The van der Waals surface area contributed by atoms with Gasteiger partial charge in [-0.2, -0.15) is 0 Å². The van der Waals surface area contributed by atoms with Crippen LogP contribution in [0.15, 0.2) is 0 Å². The van der Waals surface area contributed by atoms with Crippen molar-refractivity contribution in [1.29, 1.82) is 0 Å². The van der Waals surface area contributed by atoms with E-state index in [0.29, 0.717) is 11.8 Å². The van der Waals surface area contributed by atoms with E-state index >= 15 is 0 Å². The highest BCUT2D eigenvalue weighted by Gasteiger charge is 2.43. The van der Waals surface area contributed by atoms with Gasteiger partial charge >= 0.3 is 0 Å². The Morgan fingerprint density at radius 2 is 2.17 bits per heavy atom. The second-order valence-corrected chi connectivity index (χ2v) is 4.62. The summed E-state index contributed by atoms with van der Waals surface area (Å²) in [4.78, 5) is 0. The Morgan fingerprint density at radius 3 is 2.67 bits per heavy atom. The normalized spacial score (nSPS) is 35.0. The van der Waals surface area contributed by atoms with Crippen molar-refractivity contribution in [1.82, 2.24) is 5.32 Å². The zero-order chi connectivity index (χ0) is 8.60. The zero-order valence-corrected chi connectivity index (χ0v) is 7.78. The number of rotatable bonds is 3. The highest BCUT2D eigenvalue weighted by atomic mass is 19.1. The Morgan fingerprint density at radius 1 is 1.42 bits per heavy atom. The molecule has 1 N–H and O–H groups in total. The number of hydrogen-bond donors (Lipinski definition) is 1. The van der Waals surface area contributed by atoms with Crippen molar-refractivity contribution in [2.24, 2.45) is 11.8 Å². The Bertz CT molecular complexity index is 157. The molecule has 1 aliphatic carbocycles. The van der Waals surface area contributed by atoms with E-state index in [9.17, 15) is 4.39 Å². The van der Waals surface area contributed by atoms with Gasteiger partial charge in [-0.05, 0) is 57.5 Å². The largest absolute Gasteiger partial charge is 0.316 e. The molecule has 12 heavy (non-hydrogen) atoms. The van der Waals surface area contributed by atoms with E-state index in [2.05, 4.69) is 5.32 Å². The first kappa shape index (κ1) is 8.49. The summed E-state index contributed by atoms with van der Waals surface area (Å²) in [7, 11) is 0. The van der Waals surface area contributed by atoms with E-state index in [1.165, 1.54) is 6.42 Å². The minimum atomic E-state index is -0.864. The average Bonchev–Trinajstić information content (AvgIpc) is 2.74. The van der Waals surface area contributed by atoms with Gasteiger partial charge in [0.15, 0.2) is 0 Å². The van der Waals surface area contributed by atoms with Crippen molar-refractivity contribution in [3.05, 3.63) is 0 Å². The van der Waals surface area contributed by atoms with Crippen LogP contribution in [0, 0.1) is 11.8 Å². The van der Waals surface area contributed by atoms with Gasteiger partial charge in [-0.15, -0.1) is 0 Å². The minimum absolute atomic E-state index is 0.387. The molecule has 0 spiro atoms. The van der Waals surface area contributed by atoms with Gasteiger partial charge in [-0.25, -0.2) is 4.39 Å². The number of alkyl halides is 1. The second-order valence-electron chi connectivity index (χ2n) is 4.62. The van der Waals surface area contributed by atoms with Crippen LogP contribution in [0.25, 0.3) is 0 Å². The smallest absolute Gasteiger partial charge is 0.111 e. The van der Waals surface area contributed by atoms with Crippen LogP contribution in [0.1, 0.15) is 32.6 Å². The van der Waals surface area contributed by atoms with Gasteiger partial charge < -0.3 is 5.32 Å². The molecule has 0 radical (unpaired) electrons. The fraction of sp³-hybridized carbons (Fsp3) is 1.00. The molecule has 0 aromatic carbocycles. The van der Waals surface area contributed by atoms with E-state index in [-0.39, 0.29) is 0 Å². The van der Waals surface area contributed by atoms with Gasteiger partial charge in [0, 0.05) is 0 Å². The summed E-state index contributed by atoms with van der Waals surface area (Å²) < 4.78 is 13.9. The van der Waals surface area contributed by atoms with Crippen LogP contribution in [0.2, 0.25) is 0 Å². The van der Waals surface area contributed by atoms with Crippen LogP contribution in [-0.2, 0) is 0 Å². The van der Waals surface area contributed by atoms with Crippen molar-refractivity contribution in [3.8, 4) is 0 Å². The Labute approximate surface area is 73.7 Å². The number of halogens is 1. The highest BCUT2D eigenvalue weighted by molar-refractivity contribution is 4.94. The standard InChI is InChI=1S/C10H18FN/c1-10(11,9-2-3-9)6-8-4-5-12-7-8/h8-9,12H,2-7H2,1H3. The van der Waals surface area contributed by atoms with E-state index in [1.54, 1.807) is 6.92 Å². The quantitative estimate of drug-likeness (QED) is 0.686. The zero-order valence-electron chi connectivity index (χ0n) is 7.78. The number of nitrogens with one attached hydrogen (secondary N) is 1. The fourth-order valence-electron chi connectivity index (χ4n) is 2.31. The maximum atomic E-state index is 13.9. The lowest BCUT2D eigenvalue weighted by Crippen LogP contribution is -2.25. The molecule has 0 amide bonds. The van der Waals surface area contributed by atoms with Gasteiger partial charge in [0.2, 0.25) is 0 Å². The molecule has 0 aromatic heterocycles. The van der Waals surface area contributed by atoms with Crippen molar-refractivity contribution in [2.75, 3.05) is 13.1 Å². The summed E-state index contributed by atoms with van der Waals surface area (Å²) in [6.07, 6.45) is 4.19. The topological polar surface area (TPSA) is 12.0 Å². The molecule has 2 unspecified atom stereocenters. The second kappa shape index (κ2) is 2.99. The fourth-order valence-corrected chi connectivity index (χ4v) is 2.31.